The Labute approximate surface area is 128 Å². The van der Waals surface area contributed by atoms with Crippen molar-refractivity contribution in [2.75, 3.05) is 25.0 Å². The molecule has 4 nitrogen and oxygen atoms in total. The number of carbonyl (C=O) groups is 1. The van der Waals surface area contributed by atoms with Crippen LogP contribution in [0.1, 0.15) is 24.2 Å². The van der Waals surface area contributed by atoms with Crippen molar-refractivity contribution in [2.45, 2.75) is 26.1 Å². The number of hydrogen-bond donors (Lipinski definition) is 0. The van der Waals surface area contributed by atoms with E-state index in [-0.39, 0.29) is 18.1 Å². The normalized spacial score (nSPS) is 19.2. The summed E-state index contributed by atoms with van der Waals surface area (Å²) in [4.78, 5) is 14.2. The first-order valence-corrected chi connectivity index (χ1v) is 7.96. The summed E-state index contributed by atoms with van der Waals surface area (Å²) in [6.45, 7) is 5.83. The molecule has 0 bridgehead atoms. The van der Waals surface area contributed by atoms with Crippen LogP contribution in [0.2, 0.25) is 0 Å². The van der Waals surface area contributed by atoms with Crippen molar-refractivity contribution >= 4 is 21.8 Å². The Bertz CT molecular complexity index is 447. The van der Waals surface area contributed by atoms with Crippen LogP contribution in [-0.4, -0.2) is 48.0 Å². The van der Waals surface area contributed by atoms with E-state index in [0.29, 0.717) is 25.3 Å². The maximum absolute atomic E-state index is 12.4. The van der Waals surface area contributed by atoms with Crippen LogP contribution in [0.3, 0.4) is 0 Å². The summed E-state index contributed by atoms with van der Waals surface area (Å²) in [5.41, 5.74) is 0.691. The van der Waals surface area contributed by atoms with E-state index in [4.69, 9.17) is 9.47 Å². The van der Waals surface area contributed by atoms with Crippen LogP contribution < -0.4 is 4.74 Å². The average Bonchev–Trinajstić information content (AvgIpc) is 2.47. The highest BCUT2D eigenvalue weighted by atomic mass is 79.9. The highest BCUT2D eigenvalue weighted by Gasteiger charge is 2.24. The average molecular weight is 342 g/mol. The molecule has 1 saturated heterocycles. The van der Waals surface area contributed by atoms with Crippen molar-refractivity contribution in [1.82, 2.24) is 4.90 Å². The number of morpholine rings is 1. The van der Waals surface area contributed by atoms with Gasteiger partial charge in [-0.3, -0.25) is 4.79 Å². The lowest BCUT2D eigenvalue weighted by molar-refractivity contribution is -0.00965. The molecule has 110 valence electrons. The molecule has 1 aromatic rings. The number of ether oxygens (including phenoxy) is 2. The van der Waals surface area contributed by atoms with E-state index >= 15 is 0 Å². The molecule has 1 aliphatic heterocycles. The molecule has 0 spiro atoms. The standard InChI is InChI=1S/C15H20BrNO3/c1-11(2)20-13-5-3-12(4-6-13)15(18)17-7-8-19-14(9-16)10-17/h3-6,11,14H,7-10H2,1-2H3. The number of amides is 1. The predicted molar refractivity (Wildman–Crippen MR) is 81.6 cm³/mol. The minimum atomic E-state index is 0.0512. The molecule has 1 heterocycles. The van der Waals surface area contributed by atoms with Crippen LogP contribution in [-0.2, 0) is 4.74 Å². The van der Waals surface area contributed by atoms with Crippen LogP contribution in [0.5, 0.6) is 5.75 Å². The number of carbonyl (C=O) groups excluding carboxylic acids is 1. The number of halogens is 1. The quantitative estimate of drug-likeness (QED) is 0.790. The third kappa shape index (κ3) is 3.96. The van der Waals surface area contributed by atoms with Crippen LogP contribution in [0.4, 0.5) is 0 Å². The molecule has 1 amide bonds. The van der Waals surface area contributed by atoms with Gasteiger partial charge in [-0.15, -0.1) is 0 Å². The van der Waals surface area contributed by atoms with Crippen molar-refractivity contribution in [2.24, 2.45) is 0 Å². The second-order valence-electron chi connectivity index (χ2n) is 5.09. The summed E-state index contributed by atoms with van der Waals surface area (Å²) in [7, 11) is 0. The molecule has 0 N–H and O–H groups in total. The predicted octanol–water partition coefficient (Wildman–Crippen LogP) is 2.71. The molecule has 1 aromatic carbocycles. The topological polar surface area (TPSA) is 38.8 Å². The van der Waals surface area contributed by atoms with E-state index in [1.54, 1.807) is 0 Å². The smallest absolute Gasteiger partial charge is 0.254 e. The van der Waals surface area contributed by atoms with Gasteiger partial charge in [0.05, 0.1) is 18.8 Å². The Balaban J connectivity index is 2.01. The van der Waals surface area contributed by atoms with Crippen LogP contribution in [0.15, 0.2) is 24.3 Å². The maximum atomic E-state index is 12.4. The van der Waals surface area contributed by atoms with Gasteiger partial charge in [-0.1, -0.05) is 15.9 Å². The van der Waals surface area contributed by atoms with Crippen molar-refractivity contribution in [3.05, 3.63) is 29.8 Å². The third-order valence-electron chi connectivity index (χ3n) is 3.07. The molecule has 2 rings (SSSR count). The lowest BCUT2D eigenvalue weighted by atomic mass is 10.1. The third-order valence-corrected chi connectivity index (χ3v) is 3.79. The zero-order chi connectivity index (χ0) is 14.5. The molecule has 1 atom stereocenters. The molecule has 1 fully saturated rings. The summed E-state index contributed by atoms with van der Waals surface area (Å²) >= 11 is 3.40. The first-order valence-electron chi connectivity index (χ1n) is 6.83. The Morgan fingerprint density at radius 3 is 2.75 bits per heavy atom. The van der Waals surface area contributed by atoms with Crippen molar-refractivity contribution < 1.29 is 14.3 Å². The fraction of sp³-hybridized carbons (Fsp3) is 0.533. The molecule has 0 saturated carbocycles. The zero-order valence-corrected chi connectivity index (χ0v) is 13.4. The number of hydrogen-bond acceptors (Lipinski definition) is 3. The largest absolute Gasteiger partial charge is 0.491 e. The van der Waals surface area contributed by atoms with Gasteiger partial charge in [0.15, 0.2) is 0 Å². The van der Waals surface area contributed by atoms with E-state index in [1.165, 1.54) is 0 Å². The minimum Gasteiger partial charge on any atom is -0.491 e. The second kappa shape index (κ2) is 7.09. The van der Waals surface area contributed by atoms with Crippen LogP contribution in [0, 0.1) is 0 Å². The first-order chi connectivity index (χ1) is 9.60. The van der Waals surface area contributed by atoms with Crippen LogP contribution in [0.25, 0.3) is 0 Å². The molecule has 1 unspecified atom stereocenters. The van der Waals surface area contributed by atoms with Gasteiger partial charge in [-0.05, 0) is 38.1 Å². The Morgan fingerprint density at radius 2 is 2.15 bits per heavy atom. The molecule has 0 aliphatic carbocycles. The highest BCUT2D eigenvalue weighted by Crippen LogP contribution is 2.17. The van der Waals surface area contributed by atoms with Gasteiger partial charge in [0.2, 0.25) is 0 Å². The number of alkyl halides is 1. The van der Waals surface area contributed by atoms with Crippen molar-refractivity contribution in [1.29, 1.82) is 0 Å². The summed E-state index contributed by atoms with van der Waals surface area (Å²) in [6, 6.07) is 7.32. The molecule has 1 aliphatic rings. The van der Waals surface area contributed by atoms with Gasteiger partial charge >= 0.3 is 0 Å². The Morgan fingerprint density at radius 1 is 1.45 bits per heavy atom. The van der Waals surface area contributed by atoms with Gasteiger partial charge in [0.25, 0.3) is 5.91 Å². The Hall–Kier alpha value is -1.07. The van der Waals surface area contributed by atoms with Gasteiger partial charge < -0.3 is 14.4 Å². The van der Waals surface area contributed by atoms with Gasteiger partial charge in [0.1, 0.15) is 5.75 Å². The van der Waals surface area contributed by atoms with E-state index in [2.05, 4.69) is 15.9 Å². The van der Waals surface area contributed by atoms with Gasteiger partial charge in [0, 0.05) is 24.0 Å². The van der Waals surface area contributed by atoms with E-state index in [0.717, 1.165) is 11.1 Å². The molecular weight excluding hydrogens is 322 g/mol. The molecule has 0 radical (unpaired) electrons. The SMILES string of the molecule is CC(C)Oc1ccc(C(=O)N2CCOC(CBr)C2)cc1. The number of rotatable bonds is 4. The fourth-order valence-corrected chi connectivity index (χ4v) is 2.52. The highest BCUT2D eigenvalue weighted by molar-refractivity contribution is 9.09. The lowest BCUT2D eigenvalue weighted by Gasteiger charge is -2.32. The number of benzene rings is 1. The van der Waals surface area contributed by atoms with E-state index in [1.807, 2.05) is 43.0 Å². The summed E-state index contributed by atoms with van der Waals surface area (Å²) in [6.07, 6.45) is 0.215. The van der Waals surface area contributed by atoms with Crippen molar-refractivity contribution in [3.63, 3.8) is 0 Å². The molecular formula is C15H20BrNO3. The van der Waals surface area contributed by atoms with E-state index in [9.17, 15) is 4.79 Å². The van der Waals surface area contributed by atoms with Gasteiger partial charge in [-0.2, -0.15) is 0 Å². The fourth-order valence-electron chi connectivity index (χ4n) is 2.13. The summed E-state index contributed by atoms with van der Waals surface area (Å²) in [5.74, 6) is 0.840. The Kier molecular flexibility index (Phi) is 5.43. The monoisotopic (exact) mass is 341 g/mol. The second-order valence-corrected chi connectivity index (χ2v) is 5.74. The maximum Gasteiger partial charge on any atom is 0.254 e. The summed E-state index contributed by atoms with van der Waals surface area (Å²) in [5, 5.41) is 0.748. The first kappa shape index (κ1) is 15.3. The van der Waals surface area contributed by atoms with Gasteiger partial charge in [-0.25, -0.2) is 0 Å². The molecule has 20 heavy (non-hydrogen) atoms. The molecule has 0 aromatic heterocycles. The van der Waals surface area contributed by atoms with Crippen molar-refractivity contribution in [3.8, 4) is 5.75 Å². The lowest BCUT2D eigenvalue weighted by Crippen LogP contribution is -2.46. The molecule has 5 heteroatoms. The van der Waals surface area contributed by atoms with Crippen LogP contribution >= 0.6 is 15.9 Å². The summed E-state index contributed by atoms with van der Waals surface area (Å²) < 4.78 is 11.1. The van der Waals surface area contributed by atoms with E-state index < -0.39 is 0 Å². The number of nitrogens with zero attached hydrogens (tertiary/aromatic N) is 1. The minimum absolute atomic E-state index is 0.0512. The zero-order valence-electron chi connectivity index (χ0n) is 11.8.